The first-order valence-corrected chi connectivity index (χ1v) is 5.60. The second-order valence-electron chi connectivity index (χ2n) is 5.66. The van der Waals surface area contributed by atoms with E-state index in [1.165, 1.54) is 6.42 Å². The molecule has 0 aromatic heterocycles. The topological polar surface area (TPSA) is 40.5 Å². The molecule has 0 aromatic carbocycles. The van der Waals surface area contributed by atoms with Crippen molar-refractivity contribution in [3.63, 3.8) is 0 Å². The molecule has 0 spiro atoms. The van der Waals surface area contributed by atoms with Crippen LogP contribution in [0, 0.1) is 23.2 Å². The summed E-state index contributed by atoms with van der Waals surface area (Å²) >= 11 is 0. The number of hydrogen-bond donors (Lipinski definition) is 2. The maximum absolute atomic E-state index is 10.6. The summed E-state index contributed by atoms with van der Waals surface area (Å²) in [5, 5.41) is 20.5. The van der Waals surface area contributed by atoms with E-state index in [2.05, 4.69) is 13.8 Å². The van der Waals surface area contributed by atoms with Gasteiger partial charge in [-0.25, -0.2) is 0 Å². The fourth-order valence-corrected chi connectivity index (χ4v) is 4.34. The van der Waals surface area contributed by atoms with E-state index < -0.39 is 5.60 Å². The van der Waals surface area contributed by atoms with Gasteiger partial charge in [0.1, 0.15) is 0 Å². The van der Waals surface area contributed by atoms with Gasteiger partial charge in [0.2, 0.25) is 0 Å². The van der Waals surface area contributed by atoms with Crippen LogP contribution in [0.3, 0.4) is 0 Å². The highest BCUT2D eigenvalue weighted by Gasteiger charge is 2.73. The van der Waals surface area contributed by atoms with Crippen LogP contribution in [-0.4, -0.2) is 21.9 Å². The van der Waals surface area contributed by atoms with Gasteiger partial charge in [0.25, 0.3) is 0 Å². The largest absolute Gasteiger partial charge is 0.389 e. The first-order chi connectivity index (χ1) is 6.51. The highest BCUT2D eigenvalue weighted by molar-refractivity contribution is 5.34. The van der Waals surface area contributed by atoms with Crippen molar-refractivity contribution in [2.75, 3.05) is 0 Å². The van der Waals surface area contributed by atoms with Gasteiger partial charge >= 0.3 is 0 Å². The van der Waals surface area contributed by atoms with E-state index in [0.29, 0.717) is 17.8 Å². The first kappa shape index (κ1) is 8.93. The SMILES string of the molecule is CC1CCC2(C)C3C(O)C=CC2(O)C13. The van der Waals surface area contributed by atoms with Crippen LogP contribution in [0.5, 0.6) is 0 Å². The van der Waals surface area contributed by atoms with Crippen molar-refractivity contribution >= 4 is 0 Å². The van der Waals surface area contributed by atoms with Gasteiger partial charge < -0.3 is 10.2 Å². The fraction of sp³-hybridized carbons (Fsp3) is 0.833. The van der Waals surface area contributed by atoms with Crippen LogP contribution in [0.2, 0.25) is 0 Å². The van der Waals surface area contributed by atoms with Crippen molar-refractivity contribution in [3.05, 3.63) is 12.2 Å². The maximum atomic E-state index is 10.6. The van der Waals surface area contributed by atoms with Crippen molar-refractivity contribution in [1.29, 1.82) is 0 Å². The summed E-state index contributed by atoms with van der Waals surface area (Å²) in [6.07, 6.45) is 5.55. The summed E-state index contributed by atoms with van der Waals surface area (Å²) < 4.78 is 0. The van der Waals surface area contributed by atoms with E-state index >= 15 is 0 Å². The zero-order valence-corrected chi connectivity index (χ0v) is 8.77. The Bertz CT molecular complexity index is 311. The summed E-state index contributed by atoms with van der Waals surface area (Å²) in [4.78, 5) is 0. The van der Waals surface area contributed by atoms with E-state index in [1.54, 1.807) is 6.08 Å². The molecule has 4 aliphatic carbocycles. The third-order valence-corrected chi connectivity index (χ3v) is 5.19. The van der Waals surface area contributed by atoms with Crippen LogP contribution in [0.4, 0.5) is 0 Å². The van der Waals surface area contributed by atoms with E-state index in [1.807, 2.05) is 6.08 Å². The summed E-state index contributed by atoms with van der Waals surface area (Å²) in [6.45, 7) is 4.33. The number of aliphatic hydroxyl groups excluding tert-OH is 1. The van der Waals surface area contributed by atoms with Gasteiger partial charge in [-0.3, -0.25) is 0 Å². The van der Waals surface area contributed by atoms with Crippen LogP contribution in [0.15, 0.2) is 12.2 Å². The smallest absolute Gasteiger partial charge is 0.0920 e. The molecule has 0 aromatic rings. The third-order valence-electron chi connectivity index (χ3n) is 5.19. The number of rotatable bonds is 0. The molecule has 2 nitrogen and oxygen atoms in total. The van der Waals surface area contributed by atoms with Crippen LogP contribution in [0.1, 0.15) is 26.7 Å². The van der Waals surface area contributed by atoms with Crippen molar-refractivity contribution in [3.8, 4) is 0 Å². The first-order valence-electron chi connectivity index (χ1n) is 5.60. The van der Waals surface area contributed by atoms with Crippen molar-refractivity contribution in [2.24, 2.45) is 23.2 Å². The lowest BCUT2D eigenvalue weighted by Crippen LogP contribution is -2.76. The Morgan fingerprint density at radius 2 is 2.07 bits per heavy atom. The summed E-state index contributed by atoms with van der Waals surface area (Å²) in [6, 6.07) is 0. The van der Waals surface area contributed by atoms with Crippen LogP contribution in [0.25, 0.3) is 0 Å². The average molecular weight is 194 g/mol. The number of hydrogen-bond acceptors (Lipinski definition) is 2. The molecule has 3 saturated carbocycles. The quantitative estimate of drug-likeness (QED) is 0.571. The molecule has 6 atom stereocenters. The number of aliphatic hydroxyl groups is 2. The second kappa shape index (κ2) is 2.25. The van der Waals surface area contributed by atoms with Crippen LogP contribution < -0.4 is 0 Å². The minimum absolute atomic E-state index is 0.0572. The molecule has 14 heavy (non-hydrogen) atoms. The van der Waals surface area contributed by atoms with Crippen LogP contribution in [-0.2, 0) is 0 Å². The van der Waals surface area contributed by atoms with Crippen LogP contribution >= 0.6 is 0 Å². The van der Waals surface area contributed by atoms with Gasteiger partial charge in [0.05, 0.1) is 11.7 Å². The Hall–Kier alpha value is -0.340. The van der Waals surface area contributed by atoms with E-state index in [0.717, 1.165) is 6.42 Å². The molecule has 6 unspecified atom stereocenters. The molecular formula is C12H18O2. The highest BCUT2D eigenvalue weighted by Crippen LogP contribution is 2.71. The van der Waals surface area contributed by atoms with Crippen molar-refractivity contribution in [2.45, 2.75) is 38.4 Å². The standard InChI is InChI=1S/C12H18O2/c1-7-3-5-11(2)10-8(13)4-6-12(11,14)9(7)10/h4,6-10,13-14H,3,5H2,1-2H3. The average Bonchev–Trinajstić information content (AvgIpc) is 2.14. The third kappa shape index (κ3) is 0.664. The normalized spacial score (nSPS) is 64.9. The Morgan fingerprint density at radius 3 is 2.71 bits per heavy atom. The van der Waals surface area contributed by atoms with E-state index in [-0.39, 0.29) is 11.5 Å². The monoisotopic (exact) mass is 194 g/mol. The lowest BCUT2D eigenvalue weighted by atomic mass is 9.34. The van der Waals surface area contributed by atoms with E-state index in [4.69, 9.17) is 0 Å². The molecule has 4 aliphatic rings. The van der Waals surface area contributed by atoms with Gasteiger partial charge in [-0.2, -0.15) is 0 Å². The minimum atomic E-state index is -0.617. The number of fused-ring (bicyclic) bond motifs is 2. The molecule has 4 bridgehead atoms. The fourth-order valence-electron chi connectivity index (χ4n) is 4.34. The van der Waals surface area contributed by atoms with E-state index in [9.17, 15) is 10.2 Å². The summed E-state index contributed by atoms with van der Waals surface area (Å²) in [5.41, 5.74) is -0.674. The summed E-state index contributed by atoms with van der Waals surface area (Å²) in [7, 11) is 0. The maximum Gasteiger partial charge on any atom is 0.0920 e. The molecule has 2 N–H and O–H groups in total. The molecule has 78 valence electrons. The second-order valence-corrected chi connectivity index (χ2v) is 5.66. The predicted molar refractivity (Wildman–Crippen MR) is 53.6 cm³/mol. The highest BCUT2D eigenvalue weighted by atomic mass is 16.3. The molecule has 2 heteroatoms. The van der Waals surface area contributed by atoms with Gasteiger partial charge in [0.15, 0.2) is 0 Å². The van der Waals surface area contributed by atoms with Crippen molar-refractivity contribution in [1.82, 2.24) is 0 Å². The lowest BCUT2D eigenvalue weighted by Gasteiger charge is -2.73. The molecular weight excluding hydrogens is 176 g/mol. The molecule has 0 amide bonds. The predicted octanol–water partition coefficient (Wildman–Crippen LogP) is 1.33. The van der Waals surface area contributed by atoms with Gasteiger partial charge in [0, 0.05) is 17.3 Å². The zero-order chi connectivity index (χ0) is 10.1. The van der Waals surface area contributed by atoms with Gasteiger partial charge in [-0.05, 0) is 18.8 Å². The molecule has 0 aliphatic heterocycles. The Kier molecular flexibility index (Phi) is 1.43. The molecule has 0 radical (unpaired) electrons. The Labute approximate surface area is 84.6 Å². The molecule has 4 rings (SSSR count). The Balaban J connectivity index is 2.10. The molecule has 0 heterocycles. The Morgan fingerprint density at radius 1 is 1.36 bits per heavy atom. The summed E-state index contributed by atoms with van der Waals surface area (Å²) in [5.74, 6) is 1.13. The lowest BCUT2D eigenvalue weighted by molar-refractivity contribution is -0.298. The van der Waals surface area contributed by atoms with Gasteiger partial charge in [-0.15, -0.1) is 0 Å². The minimum Gasteiger partial charge on any atom is -0.389 e. The van der Waals surface area contributed by atoms with Crippen molar-refractivity contribution < 1.29 is 10.2 Å². The molecule has 0 saturated heterocycles. The molecule has 3 fully saturated rings. The van der Waals surface area contributed by atoms with Gasteiger partial charge in [-0.1, -0.05) is 26.0 Å². The zero-order valence-electron chi connectivity index (χ0n) is 8.77.